The number of benzene rings is 1. The molecule has 1 aromatic carbocycles. The molecule has 0 unspecified atom stereocenters. The summed E-state index contributed by atoms with van der Waals surface area (Å²) < 4.78 is 0. The molecule has 120 valence electrons. The number of urea groups is 1. The van der Waals surface area contributed by atoms with E-state index in [2.05, 4.69) is 5.32 Å². The minimum atomic E-state index is -0.764. The largest absolute Gasteiger partial charge is 0.481 e. The molecule has 0 atom stereocenters. The molecule has 1 aliphatic heterocycles. The van der Waals surface area contributed by atoms with Gasteiger partial charge in [0.1, 0.15) is 0 Å². The number of thioether (sulfide) groups is 1. The van der Waals surface area contributed by atoms with Crippen LogP contribution < -0.4 is 5.32 Å². The molecule has 1 saturated heterocycles. The van der Waals surface area contributed by atoms with E-state index in [0.29, 0.717) is 37.5 Å². The van der Waals surface area contributed by atoms with E-state index in [9.17, 15) is 9.59 Å². The zero-order valence-electron chi connectivity index (χ0n) is 12.1. The van der Waals surface area contributed by atoms with Crippen molar-refractivity contribution in [2.24, 2.45) is 5.92 Å². The number of piperidine rings is 1. The topological polar surface area (TPSA) is 69.6 Å². The number of hydrogen-bond donors (Lipinski definition) is 2. The smallest absolute Gasteiger partial charge is 0.317 e. The molecular formula is C15H19ClN2O3S. The molecule has 2 amide bonds. The fourth-order valence-corrected chi connectivity index (χ4v) is 3.19. The van der Waals surface area contributed by atoms with E-state index in [4.69, 9.17) is 16.7 Å². The van der Waals surface area contributed by atoms with E-state index in [1.165, 1.54) is 0 Å². The van der Waals surface area contributed by atoms with Gasteiger partial charge in [0.05, 0.1) is 5.92 Å². The first-order valence-corrected chi connectivity index (χ1v) is 8.56. The summed E-state index contributed by atoms with van der Waals surface area (Å²) in [6, 6.07) is 7.47. The lowest BCUT2D eigenvalue weighted by Crippen LogP contribution is -2.45. The third-order valence-electron chi connectivity index (χ3n) is 3.59. The highest BCUT2D eigenvalue weighted by Gasteiger charge is 2.26. The van der Waals surface area contributed by atoms with Crippen LogP contribution in [0, 0.1) is 5.92 Å². The van der Waals surface area contributed by atoms with E-state index in [-0.39, 0.29) is 11.9 Å². The first-order valence-electron chi connectivity index (χ1n) is 7.20. The van der Waals surface area contributed by atoms with Crippen LogP contribution in [0.4, 0.5) is 4.79 Å². The standard InChI is InChI=1S/C15H19ClN2O3S/c16-12-1-3-13(4-2-12)22-10-7-17-15(21)18-8-5-11(6-9-18)14(19)20/h1-4,11H,5-10H2,(H,17,21)(H,19,20). The van der Waals surface area contributed by atoms with Gasteiger partial charge < -0.3 is 15.3 Å². The summed E-state index contributed by atoms with van der Waals surface area (Å²) in [6.07, 6.45) is 1.06. The first kappa shape index (κ1) is 17.0. The highest BCUT2D eigenvalue weighted by atomic mass is 35.5. The molecule has 1 fully saturated rings. The van der Waals surface area contributed by atoms with Gasteiger partial charge in [-0.3, -0.25) is 4.79 Å². The minimum Gasteiger partial charge on any atom is -0.481 e. The average molecular weight is 343 g/mol. The van der Waals surface area contributed by atoms with Gasteiger partial charge in [-0.25, -0.2) is 4.79 Å². The maximum absolute atomic E-state index is 12.0. The third-order valence-corrected chi connectivity index (χ3v) is 4.86. The SMILES string of the molecule is O=C(O)C1CCN(C(=O)NCCSc2ccc(Cl)cc2)CC1. The van der Waals surface area contributed by atoms with Crippen molar-refractivity contribution in [1.82, 2.24) is 10.2 Å². The van der Waals surface area contributed by atoms with Gasteiger partial charge in [-0.05, 0) is 37.1 Å². The summed E-state index contributed by atoms with van der Waals surface area (Å²) in [5.41, 5.74) is 0. The molecule has 2 rings (SSSR count). The lowest BCUT2D eigenvalue weighted by atomic mass is 9.97. The lowest BCUT2D eigenvalue weighted by Gasteiger charge is -2.30. The molecule has 1 heterocycles. The molecule has 7 heteroatoms. The Labute approximate surface area is 139 Å². The lowest BCUT2D eigenvalue weighted by molar-refractivity contribution is -0.143. The number of carboxylic acids is 1. The highest BCUT2D eigenvalue weighted by molar-refractivity contribution is 7.99. The summed E-state index contributed by atoms with van der Waals surface area (Å²) in [5, 5.41) is 12.5. The summed E-state index contributed by atoms with van der Waals surface area (Å²) in [5.74, 6) is -0.303. The molecule has 0 aliphatic carbocycles. The fraction of sp³-hybridized carbons (Fsp3) is 0.467. The average Bonchev–Trinajstić information content (AvgIpc) is 2.53. The van der Waals surface area contributed by atoms with Gasteiger partial charge in [-0.1, -0.05) is 11.6 Å². The van der Waals surface area contributed by atoms with Gasteiger partial charge >= 0.3 is 12.0 Å². The van der Waals surface area contributed by atoms with E-state index < -0.39 is 5.97 Å². The number of nitrogens with zero attached hydrogens (tertiary/aromatic N) is 1. The summed E-state index contributed by atoms with van der Waals surface area (Å²) in [4.78, 5) is 25.6. The van der Waals surface area contributed by atoms with E-state index in [1.807, 2.05) is 24.3 Å². The number of carbonyl (C=O) groups is 2. The zero-order valence-corrected chi connectivity index (χ0v) is 13.7. The maximum atomic E-state index is 12.0. The summed E-state index contributed by atoms with van der Waals surface area (Å²) in [7, 11) is 0. The van der Waals surface area contributed by atoms with Crippen LogP contribution in [-0.4, -0.2) is 47.4 Å². The summed E-state index contributed by atoms with van der Waals surface area (Å²) in [6.45, 7) is 1.59. The molecule has 22 heavy (non-hydrogen) atoms. The van der Waals surface area contributed by atoms with Crippen molar-refractivity contribution >= 4 is 35.4 Å². The number of carbonyl (C=O) groups excluding carboxylic acids is 1. The Hall–Kier alpha value is -1.40. The van der Waals surface area contributed by atoms with Crippen LogP contribution >= 0.6 is 23.4 Å². The number of likely N-dealkylation sites (tertiary alicyclic amines) is 1. The zero-order chi connectivity index (χ0) is 15.9. The second-order valence-electron chi connectivity index (χ2n) is 5.13. The normalized spacial score (nSPS) is 15.6. The minimum absolute atomic E-state index is 0.111. The Morgan fingerprint density at radius 3 is 2.50 bits per heavy atom. The molecule has 5 nitrogen and oxygen atoms in total. The number of rotatable bonds is 5. The van der Waals surface area contributed by atoms with Gasteiger partial charge in [-0.2, -0.15) is 0 Å². The van der Waals surface area contributed by atoms with Crippen LogP contribution in [0.1, 0.15) is 12.8 Å². The molecule has 1 aliphatic rings. The second-order valence-corrected chi connectivity index (χ2v) is 6.74. The summed E-state index contributed by atoms with van der Waals surface area (Å²) >= 11 is 7.47. The predicted octanol–water partition coefficient (Wildman–Crippen LogP) is 2.94. The predicted molar refractivity (Wildman–Crippen MR) is 87.5 cm³/mol. The number of nitrogens with one attached hydrogen (secondary N) is 1. The maximum Gasteiger partial charge on any atom is 0.317 e. The van der Waals surface area contributed by atoms with Crippen molar-refractivity contribution in [3.8, 4) is 0 Å². The molecule has 0 saturated carbocycles. The van der Waals surface area contributed by atoms with Gasteiger partial charge in [0, 0.05) is 35.3 Å². The van der Waals surface area contributed by atoms with E-state index in [0.717, 1.165) is 10.6 Å². The van der Waals surface area contributed by atoms with Crippen molar-refractivity contribution in [2.45, 2.75) is 17.7 Å². The second kappa shape index (κ2) is 8.29. The van der Waals surface area contributed by atoms with E-state index in [1.54, 1.807) is 16.7 Å². The Balaban J connectivity index is 1.64. The van der Waals surface area contributed by atoms with Crippen LogP contribution in [0.3, 0.4) is 0 Å². The van der Waals surface area contributed by atoms with Crippen LogP contribution in [0.15, 0.2) is 29.2 Å². The molecule has 1 aromatic rings. The van der Waals surface area contributed by atoms with Crippen LogP contribution in [0.25, 0.3) is 0 Å². The van der Waals surface area contributed by atoms with Crippen molar-refractivity contribution < 1.29 is 14.7 Å². The van der Waals surface area contributed by atoms with Gasteiger partial charge in [0.2, 0.25) is 0 Å². The molecule has 0 radical (unpaired) electrons. The van der Waals surface area contributed by atoms with Gasteiger partial charge in [-0.15, -0.1) is 11.8 Å². The van der Waals surface area contributed by atoms with Crippen molar-refractivity contribution in [3.63, 3.8) is 0 Å². The highest BCUT2D eigenvalue weighted by Crippen LogP contribution is 2.20. The molecular weight excluding hydrogens is 324 g/mol. The van der Waals surface area contributed by atoms with E-state index >= 15 is 0 Å². The monoisotopic (exact) mass is 342 g/mol. The van der Waals surface area contributed by atoms with Crippen molar-refractivity contribution in [2.75, 3.05) is 25.4 Å². The van der Waals surface area contributed by atoms with Crippen LogP contribution in [-0.2, 0) is 4.79 Å². The quantitative estimate of drug-likeness (QED) is 0.637. The third kappa shape index (κ3) is 5.10. The number of hydrogen-bond acceptors (Lipinski definition) is 3. The number of carboxylic acid groups (broad SMARTS) is 1. The van der Waals surface area contributed by atoms with Gasteiger partial charge in [0.25, 0.3) is 0 Å². The Morgan fingerprint density at radius 1 is 1.27 bits per heavy atom. The van der Waals surface area contributed by atoms with Crippen LogP contribution in [0.2, 0.25) is 5.02 Å². The van der Waals surface area contributed by atoms with Gasteiger partial charge in [0.15, 0.2) is 0 Å². The number of halogens is 1. The van der Waals surface area contributed by atoms with Crippen molar-refractivity contribution in [1.29, 1.82) is 0 Å². The molecule has 0 aromatic heterocycles. The Morgan fingerprint density at radius 2 is 1.91 bits per heavy atom. The Kier molecular flexibility index (Phi) is 6.39. The number of aliphatic carboxylic acids is 1. The first-order chi connectivity index (χ1) is 10.6. The fourth-order valence-electron chi connectivity index (χ4n) is 2.30. The molecule has 2 N–H and O–H groups in total. The Bertz CT molecular complexity index is 516. The molecule has 0 spiro atoms. The number of amides is 2. The van der Waals surface area contributed by atoms with Crippen molar-refractivity contribution in [3.05, 3.63) is 29.3 Å². The molecule has 0 bridgehead atoms. The van der Waals surface area contributed by atoms with Crippen LogP contribution in [0.5, 0.6) is 0 Å².